The maximum Gasteiger partial charge on any atom is 0.340 e. The van der Waals surface area contributed by atoms with Gasteiger partial charge in [-0.3, -0.25) is 0 Å². The van der Waals surface area contributed by atoms with Gasteiger partial charge in [-0.25, -0.2) is 4.79 Å². The lowest BCUT2D eigenvalue weighted by Crippen LogP contribution is -2.10. The van der Waals surface area contributed by atoms with E-state index in [1.807, 2.05) is 20.8 Å². The van der Waals surface area contributed by atoms with Gasteiger partial charge in [0, 0.05) is 5.56 Å². The number of aromatic carboxylic acids is 1. The van der Waals surface area contributed by atoms with Gasteiger partial charge >= 0.3 is 5.97 Å². The molecular weight excluding hydrogens is 288 g/mol. The van der Waals surface area contributed by atoms with E-state index >= 15 is 0 Å². The molecule has 124 valence electrons. The van der Waals surface area contributed by atoms with Crippen LogP contribution in [0.15, 0.2) is 0 Å². The highest BCUT2D eigenvalue weighted by atomic mass is 16.5. The van der Waals surface area contributed by atoms with Gasteiger partial charge in [-0.15, -0.1) is 0 Å². The molecule has 0 aliphatic heterocycles. The fraction of sp³-hybridized carbons (Fsp3) is 0.562. The van der Waals surface area contributed by atoms with Crippen molar-refractivity contribution in [2.75, 3.05) is 13.2 Å². The van der Waals surface area contributed by atoms with E-state index in [0.29, 0.717) is 38.0 Å². The van der Waals surface area contributed by atoms with Crippen LogP contribution in [0.4, 0.5) is 0 Å². The maximum atomic E-state index is 11.5. The Bertz CT molecular complexity index is 524. The summed E-state index contributed by atoms with van der Waals surface area (Å²) in [5.74, 6) is -2.34. The second-order valence-corrected chi connectivity index (χ2v) is 4.96. The van der Waals surface area contributed by atoms with Crippen molar-refractivity contribution in [1.82, 2.24) is 0 Å². The molecule has 0 heterocycles. The standard InChI is InChI=1S/C16H24O6/c1-4-7-10-11(16(19)20)12(17)13(18)15(22-9-6-3)14(10)21-8-5-2/h17-18H,4-9H2,1-3H3,(H,19,20). The van der Waals surface area contributed by atoms with Gasteiger partial charge < -0.3 is 24.8 Å². The number of hydrogen-bond donors (Lipinski definition) is 3. The van der Waals surface area contributed by atoms with Gasteiger partial charge in [-0.1, -0.05) is 27.2 Å². The van der Waals surface area contributed by atoms with Crippen LogP contribution in [0, 0.1) is 0 Å². The van der Waals surface area contributed by atoms with E-state index in [9.17, 15) is 20.1 Å². The summed E-state index contributed by atoms with van der Waals surface area (Å²) in [6.45, 7) is 6.41. The summed E-state index contributed by atoms with van der Waals surface area (Å²) in [5, 5.41) is 29.5. The molecule has 0 bridgehead atoms. The zero-order valence-electron chi connectivity index (χ0n) is 13.3. The van der Waals surface area contributed by atoms with E-state index in [4.69, 9.17) is 9.47 Å². The van der Waals surface area contributed by atoms with Crippen molar-refractivity contribution < 1.29 is 29.6 Å². The summed E-state index contributed by atoms with van der Waals surface area (Å²) >= 11 is 0. The minimum atomic E-state index is -1.31. The van der Waals surface area contributed by atoms with Crippen LogP contribution < -0.4 is 9.47 Å². The molecule has 0 unspecified atom stereocenters. The quantitative estimate of drug-likeness (QED) is 0.605. The molecule has 1 rings (SSSR count). The molecule has 0 fully saturated rings. The normalized spacial score (nSPS) is 10.5. The second kappa shape index (κ2) is 8.36. The third-order valence-corrected chi connectivity index (χ3v) is 3.07. The molecule has 3 N–H and O–H groups in total. The smallest absolute Gasteiger partial charge is 0.340 e. The molecule has 0 aromatic heterocycles. The molecule has 1 aromatic rings. The summed E-state index contributed by atoms with van der Waals surface area (Å²) in [6, 6.07) is 0. The van der Waals surface area contributed by atoms with Gasteiger partial charge in [-0.2, -0.15) is 0 Å². The number of carboxylic acid groups (broad SMARTS) is 1. The molecule has 1 aromatic carbocycles. The fourth-order valence-corrected chi connectivity index (χ4v) is 2.14. The van der Waals surface area contributed by atoms with Crippen molar-refractivity contribution in [3.05, 3.63) is 11.1 Å². The van der Waals surface area contributed by atoms with Crippen LogP contribution in [-0.2, 0) is 6.42 Å². The minimum absolute atomic E-state index is 0.0150. The highest BCUT2D eigenvalue weighted by Gasteiger charge is 2.29. The Kier molecular flexibility index (Phi) is 6.82. The minimum Gasteiger partial charge on any atom is -0.504 e. The fourth-order valence-electron chi connectivity index (χ4n) is 2.14. The molecule has 0 radical (unpaired) electrons. The van der Waals surface area contributed by atoms with Crippen LogP contribution in [0.3, 0.4) is 0 Å². The van der Waals surface area contributed by atoms with Crippen LogP contribution in [0.5, 0.6) is 23.0 Å². The second-order valence-electron chi connectivity index (χ2n) is 4.96. The van der Waals surface area contributed by atoms with Crippen molar-refractivity contribution in [2.24, 2.45) is 0 Å². The van der Waals surface area contributed by atoms with Crippen molar-refractivity contribution in [3.8, 4) is 23.0 Å². The first kappa shape index (κ1) is 17.9. The summed E-state index contributed by atoms with van der Waals surface area (Å²) in [7, 11) is 0. The molecule has 0 saturated heterocycles. The Labute approximate surface area is 130 Å². The molecular formula is C16H24O6. The average molecular weight is 312 g/mol. The van der Waals surface area contributed by atoms with Crippen LogP contribution >= 0.6 is 0 Å². The largest absolute Gasteiger partial charge is 0.504 e. The Morgan fingerprint density at radius 3 is 1.91 bits per heavy atom. The van der Waals surface area contributed by atoms with E-state index < -0.39 is 17.5 Å². The van der Waals surface area contributed by atoms with Gasteiger partial charge in [0.15, 0.2) is 11.5 Å². The van der Waals surface area contributed by atoms with Gasteiger partial charge in [0.1, 0.15) is 5.56 Å². The third kappa shape index (κ3) is 3.75. The average Bonchev–Trinajstić information content (AvgIpc) is 2.48. The number of aromatic hydroxyl groups is 2. The number of ether oxygens (including phenoxy) is 2. The molecule has 22 heavy (non-hydrogen) atoms. The highest BCUT2D eigenvalue weighted by molar-refractivity contribution is 5.95. The molecule has 0 aliphatic rings. The Morgan fingerprint density at radius 2 is 1.45 bits per heavy atom. The zero-order chi connectivity index (χ0) is 16.7. The van der Waals surface area contributed by atoms with Crippen LogP contribution in [0.2, 0.25) is 0 Å². The number of phenolic OH excluding ortho intramolecular Hbond substituents is 1. The molecule has 0 aliphatic carbocycles. The molecule has 0 amide bonds. The van der Waals surface area contributed by atoms with Gasteiger partial charge in [0.2, 0.25) is 11.5 Å². The summed E-state index contributed by atoms with van der Waals surface area (Å²) in [4.78, 5) is 11.5. The molecule has 0 spiro atoms. The SMILES string of the molecule is CCCOc1c(O)c(O)c(C(=O)O)c(CCC)c1OCCC. The lowest BCUT2D eigenvalue weighted by molar-refractivity contribution is 0.0690. The molecule has 6 heteroatoms. The van der Waals surface area contributed by atoms with Gasteiger partial charge in [-0.05, 0) is 19.3 Å². The number of rotatable bonds is 9. The van der Waals surface area contributed by atoms with E-state index in [0.717, 1.165) is 6.42 Å². The van der Waals surface area contributed by atoms with Crippen LogP contribution in [-0.4, -0.2) is 34.5 Å². The summed E-state index contributed by atoms with van der Waals surface area (Å²) < 4.78 is 11.1. The number of carboxylic acids is 1. The number of benzene rings is 1. The monoisotopic (exact) mass is 312 g/mol. The zero-order valence-corrected chi connectivity index (χ0v) is 13.3. The molecule has 0 atom stereocenters. The van der Waals surface area contributed by atoms with Crippen molar-refractivity contribution >= 4 is 5.97 Å². The number of carbonyl (C=O) groups is 1. The molecule has 0 saturated carbocycles. The highest BCUT2D eigenvalue weighted by Crippen LogP contribution is 2.49. The van der Waals surface area contributed by atoms with Gasteiger partial charge in [0.25, 0.3) is 0 Å². The first-order valence-electron chi connectivity index (χ1n) is 7.59. The van der Waals surface area contributed by atoms with Crippen LogP contribution in [0.1, 0.15) is 56.0 Å². The van der Waals surface area contributed by atoms with E-state index in [1.54, 1.807) is 0 Å². The predicted molar refractivity (Wildman–Crippen MR) is 82.3 cm³/mol. The lowest BCUT2D eigenvalue weighted by atomic mass is 9.99. The summed E-state index contributed by atoms with van der Waals surface area (Å²) in [6.07, 6.45) is 2.50. The summed E-state index contributed by atoms with van der Waals surface area (Å²) in [5.41, 5.74) is 0.0270. The Balaban J connectivity index is 3.56. The Morgan fingerprint density at radius 1 is 0.909 bits per heavy atom. The first-order chi connectivity index (χ1) is 10.5. The number of phenols is 2. The van der Waals surface area contributed by atoms with Crippen LogP contribution in [0.25, 0.3) is 0 Å². The van der Waals surface area contributed by atoms with Crippen molar-refractivity contribution in [2.45, 2.75) is 46.5 Å². The molecule has 6 nitrogen and oxygen atoms in total. The van der Waals surface area contributed by atoms with Crippen molar-refractivity contribution in [1.29, 1.82) is 0 Å². The number of hydrogen-bond acceptors (Lipinski definition) is 5. The van der Waals surface area contributed by atoms with Gasteiger partial charge in [0.05, 0.1) is 13.2 Å². The van der Waals surface area contributed by atoms with E-state index in [1.165, 1.54) is 0 Å². The topological polar surface area (TPSA) is 96.2 Å². The van der Waals surface area contributed by atoms with E-state index in [2.05, 4.69) is 0 Å². The first-order valence-corrected chi connectivity index (χ1v) is 7.59. The third-order valence-electron chi connectivity index (χ3n) is 3.07. The lowest BCUT2D eigenvalue weighted by Gasteiger charge is -2.20. The van der Waals surface area contributed by atoms with E-state index in [-0.39, 0.29) is 17.1 Å². The predicted octanol–water partition coefficient (Wildman–Crippen LogP) is 3.33. The maximum absolute atomic E-state index is 11.5. The Hall–Kier alpha value is -2.11. The van der Waals surface area contributed by atoms with Crippen molar-refractivity contribution in [3.63, 3.8) is 0 Å².